The van der Waals surface area contributed by atoms with Crippen molar-refractivity contribution in [3.63, 3.8) is 0 Å². The van der Waals surface area contributed by atoms with Gasteiger partial charge in [0.25, 0.3) is 0 Å². The highest BCUT2D eigenvalue weighted by atomic mass is 16.4. The van der Waals surface area contributed by atoms with Crippen LogP contribution in [-0.4, -0.2) is 28.6 Å². The third-order valence-electron chi connectivity index (χ3n) is 2.47. The number of carboxylic acids is 3. The van der Waals surface area contributed by atoms with E-state index in [9.17, 15) is 34.8 Å². The van der Waals surface area contributed by atoms with Gasteiger partial charge in [-0.15, -0.1) is 0 Å². The van der Waals surface area contributed by atoms with Gasteiger partial charge in [-0.1, -0.05) is 19.8 Å². The molecule has 0 aliphatic heterocycles. The zero-order chi connectivity index (χ0) is 13.6. The molecule has 0 aromatic rings. The predicted octanol–water partition coefficient (Wildman–Crippen LogP) is -3.84. The molecule has 17 heavy (non-hydrogen) atoms. The summed E-state index contributed by atoms with van der Waals surface area (Å²) in [6, 6.07) is 0. The minimum atomic E-state index is -3.01. The lowest BCUT2D eigenvalue weighted by Gasteiger charge is -2.38. The van der Waals surface area contributed by atoms with Gasteiger partial charge < -0.3 is 34.8 Å². The molecule has 1 N–H and O–H groups in total. The van der Waals surface area contributed by atoms with Crippen molar-refractivity contribution in [2.24, 2.45) is 5.92 Å². The molecule has 2 unspecified atom stereocenters. The number of carboxylic acid groups (broad SMARTS) is 3. The minimum Gasteiger partial charge on any atom is -0.550 e. The summed E-state index contributed by atoms with van der Waals surface area (Å²) in [7, 11) is 0. The normalized spacial score (nSPS) is 15.9. The third kappa shape index (κ3) is 4.03. The summed E-state index contributed by atoms with van der Waals surface area (Å²) in [4.78, 5) is 31.8. The fourth-order valence-electron chi connectivity index (χ4n) is 1.52. The molecular formula is C10H13O7-3. The zero-order valence-electron chi connectivity index (χ0n) is 9.30. The van der Waals surface area contributed by atoms with Crippen molar-refractivity contribution in [1.29, 1.82) is 0 Å². The van der Waals surface area contributed by atoms with Gasteiger partial charge >= 0.3 is 0 Å². The van der Waals surface area contributed by atoms with Crippen LogP contribution in [0.4, 0.5) is 0 Å². The first-order valence-corrected chi connectivity index (χ1v) is 5.10. The Hall–Kier alpha value is -1.63. The molecule has 0 radical (unpaired) electrons. The lowest BCUT2D eigenvalue weighted by Crippen LogP contribution is -2.60. The minimum absolute atomic E-state index is 0.212. The highest BCUT2D eigenvalue weighted by Crippen LogP contribution is 2.25. The molecule has 0 amide bonds. The van der Waals surface area contributed by atoms with Gasteiger partial charge in [0.2, 0.25) is 0 Å². The van der Waals surface area contributed by atoms with Crippen LogP contribution in [0.5, 0.6) is 0 Å². The molecule has 0 bridgehead atoms. The largest absolute Gasteiger partial charge is 0.550 e. The number of rotatable bonds is 8. The van der Waals surface area contributed by atoms with E-state index >= 15 is 0 Å². The molecule has 0 saturated carbocycles. The number of unbranched alkanes of at least 4 members (excludes halogenated alkanes) is 1. The monoisotopic (exact) mass is 245 g/mol. The molecule has 0 heterocycles. The molecular weight excluding hydrogens is 232 g/mol. The van der Waals surface area contributed by atoms with Crippen molar-refractivity contribution in [2.75, 3.05) is 0 Å². The van der Waals surface area contributed by atoms with Gasteiger partial charge in [-0.2, -0.15) is 0 Å². The molecule has 0 aliphatic rings. The van der Waals surface area contributed by atoms with E-state index in [1.807, 2.05) is 0 Å². The quantitative estimate of drug-likeness (QED) is 0.461. The number of carbonyl (C=O) groups is 3. The smallest absolute Gasteiger partial charge is 0.117 e. The summed E-state index contributed by atoms with van der Waals surface area (Å²) in [5.74, 6) is -7.71. The van der Waals surface area contributed by atoms with Crippen molar-refractivity contribution in [3.8, 4) is 0 Å². The molecule has 7 nitrogen and oxygen atoms in total. The molecule has 0 aromatic carbocycles. The number of aliphatic carboxylic acids is 3. The topological polar surface area (TPSA) is 141 Å². The van der Waals surface area contributed by atoms with Gasteiger partial charge in [-0.3, -0.25) is 0 Å². The lowest BCUT2D eigenvalue weighted by molar-refractivity contribution is -0.347. The van der Waals surface area contributed by atoms with E-state index in [1.54, 1.807) is 6.92 Å². The van der Waals surface area contributed by atoms with Crippen LogP contribution in [0, 0.1) is 5.92 Å². The average molecular weight is 245 g/mol. The average Bonchev–Trinajstić information content (AvgIpc) is 2.16. The maximum absolute atomic E-state index is 10.8. The van der Waals surface area contributed by atoms with Crippen molar-refractivity contribution in [1.82, 2.24) is 0 Å². The predicted molar refractivity (Wildman–Crippen MR) is 47.6 cm³/mol. The molecule has 0 fully saturated rings. The van der Waals surface area contributed by atoms with E-state index in [0.717, 1.165) is 0 Å². The second-order valence-electron chi connectivity index (χ2n) is 3.77. The first kappa shape index (κ1) is 15.4. The fourth-order valence-corrected chi connectivity index (χ4v) is 1.52. The van der Waals surface area contributed by atoms with Gasteiger partial charge in [0, 0.05) is 24.3 Å². The maximum Gasteiger partial charge on any atom is 0.117 e. The Bertz CT molecular complexity index is 312. The standard InChI is InChI=1S/C10H16O7/c1-2-3-4-6(8(13)14)10(17,9(15)16)5-7(11)12/h6,17H,2-5H2,1H3,(H,11,12)(H,13,14)(H,15,16)/p-3. The van der Waals surface area contributed by atoms with Crippen molar-refractivity contribution in [3.05, 3.63) is 0 Å². The Labute approximate surface area is 97.7 Å². The molecule has 0 aromatic heterocycles. The highest BCUT2D eigenvalue weighted by Gasteiger charge is 2.39. The van der Waals surface area contributed by atoms with Crippen LogP contribution in [0.2, 0.25) is 0 Å². The molecule has 7 heteroatoms. The lowest BCUT2D eigenvalue weighted by atomic mass is 9.81. The summed E-state index contributed by atoms with van der Waals surface area (Å²) in [5, 5.41) is 41.4. The highest BCUT2D eigenvalue weighted by molar-refractivity contribution is 5.87. The van der Waals surface area contributed by atoms with E-state index < -0.39 is 35.8 Å². The molecule has 0 rings (SSSR count). The SMILES string of the molecule is CCCCC(C(=O)[O-])C(O)(CC(=O)[O-])C(=O)[O-]. The van der Waals surface area contributed by atoms with Crippen molar-refractivity contribution >= 4 is 17.9 Å². The van der Waals surface area contributed by atoms with Gasteiger partial charge in [0.05, 0.1) is 5.97 Å². The van der Waals surface area contributed by atoms with Crippen LogP contribution in [0.15, 0.2) is 0 Å². The van der Waals surface area contributed by atoms with E-state index in [4.69, 9.17) is 0 Å². The molecule has 98 valence electrons. The second-order valence-corrected chi connectivity index (χ2v) is 3.77. The number of hydrogen-bond donors (Lipinski definition) is 1. The van der Waals surface area contributed by atoms with Crippen LogP contribution in [0.1, 0.15) is 32.6 Å². The molecule has 0 aliphatic carbocycles. The van der Waals surface area contributed by atoms with Gasteiger partial charge in [0.15, 0.2) is 0 Å². The van der Waals surface area contributed by atoms with Gasteiger partial charge in [0.1, 0.15) is 5.60 Å². The Kier molecular flexibility index (Phi) is 5.60. The second kappa shape index (κ2) is 6.19. The molecule has 0 saturated heterocycles. The number of hydrogen-bond acceptors (Lipinski definition) is 7. The van der Waals surface area contributed by atoms with Crippen LogP contribution in [0.25, 0.3) is 0 Å². The molecule has 2 atom stereocenters. The first-order valence-electron chi connectivity index (χ1n) is 5.10. The van der Waals surface area contributed by atoms with E-state index in [1.165, 1.54) is 0 Å². The Morgan fingerprint density at radius 3 is 2.06 bits per heavy atom. The molecule has 0 spiro atoms. The van der Waals surface area contributed by atoms with Crippen molar-refractivity contribution < 1.29 is 34.8 Å². The Balaban J connectivity index is 5.14. The van der Waals surface area contributed by atoms with Crippen LogP contribution < -0.4 is 15.3 Å². The zero-order valence-corrected chi connectivity index (χ0v) is 9.30. The summed E-state index contributed by atoms with van der Waals surface area (Å²) >= 11 is 0. The van der Waals surface area contributed by atoms with Gasteiger partial charge in [-0.25, -0.2) is 0 Å². The Morgan fingerprint density at radius 2 is 1.76 bits per heavy atom. The fraction of sp³-hybridized carbons (Fsp3) is 0.700. The van der Waals surface area contributed by atoms with Crippen LogP contribution in [-0.2, 0) is 14.4 Å². The number of carbonyl (C=O) groups excluding carboxylic acids is 3. The Morgan fingerprint density at radius 1 is 1.24 bits per heavy atom. The summed E-state index contributed by atoms with van der Waals surface area (Å²) < 4.78 is 0. The summed E-state index contributed by atoms with van der Waals surface area (Å²) in [5.41, 5.74) is -3.01. The first-order chi connectivity index (χ1) is 7.75. The van der Waals surface area contributed by atoms with Crippen LogP contribution in [0.3, 0.4) is 0 Å². The van der Waals surface area contributed by atoms with Crippen molar-refractivity contribution in [2.45, 2.75) is 38.2 Å². The number of aliphatic hydroxyl groups is 1. The van der Waals surface area contributed by atoms with E-state index in [2.05, 4.69) is 0 Å². The third-order valence-corrected chi connectivity index (χ3v) is 2.47. The van der Waals surface area contributed by atoms with E-state index in [0.29, 0.717) is 12.8 Å². The maximum atomic E-state index is 10.8. The summed E-state index contributed by atoms with van der Waals surface area (Å²) in [6.45, 7) is 1.73. The van der Waals surface area contributed by atoms with Crippen LogP contribution >= 0.6 is 0 Å². The van der Waals surface area contributed by atoms with Gasteiger partial charge in [-0.05, 0) is 6.42 Å². The van der Waals surface area contributed by atoms with E-state index in [-0.39, 0.29) is 6.42 Å². The summed E-state index contributed by atoms with van der Waals surface area (Å²) in [6.07, 6.45) is -0.701.